The quantitative estimate of drug-likeness (QED) is 0.631. The number of carbonyl (C=O) groups excluding carboxylic acids is 1. The van der Waals surface area contributed by atoms with Gasteiger partial charge in [-0.1, -0.05) is 6.07 Å². The van der Waals surface area contributed by atoms with Gasteiger partial charge in [-0.3, -0.25) is 0 Å². The van der Waals surface area contributed by atoms with E-state index in [1.165, 1.54) is 13.0 Å². The molecule has 1 aliphatic rings. The first-order chi connectivity index (χ1) is 12.0. The molecule has 1 aliphatic heterocycles. The van der Waals surface area contributed by atoms with Gasteiger partial charge in [-0.2, -0.15) is 13.2 Å². The molecule has 2 N–H and O–H groups in total. The molecule has 4 nitrogen and oxygen atoms in total. The number of hydrogen-bond acceptors (Lipinski definition) is 4. The van der Waals surface area contributed by atoms with E-state index in [9.17, 15) is 18.0 Å². The monoisotopic (exact) mass is 364 g/mol. The van der Waals surface area contributed by atoms with E-state index in [2.05, 4.69) is 0 Å². The molecule has 3 rings (SSSR count). The molecule has 1 heterocycles. The maximum Gasteiger partial charge on any atom is 0.416 e. The minimum absolute atomic E-state index is 0.119. The number of aryl methyl sites for hydroxylation is 1. The number of ether oxygens (including phenoxy) is 1. The lowest BCUT2D eigenvalue weighted by Crippen LogP contribution is -2.55. The van der Waals surface area contributed by atoms with Gasteiger partial charge in [0.2, 0.25) is 0 Å². The van der Waals surface area contributed by atoms with Crippen LogP contribution in [-0.2, 0) is 11.0 Å². The summed E-state index contributed by atoms with van der Waals surface area (Å²) >= 11 is 0. The number of fused-ring (bicyclic) bond motifs is 1. The van der Waals surface area contributed by atoms with Crippen molar-refractivity contribution in [2.45, 2.75) is 38.6 Å². The zero-order chi connectivity index (χ0) is 19.3. The van der Waals surface area contributed by atoms with Crippen molar-refractivity contribution in [2.24, 2.45) is 0 Å². The van der Waals surface area contributed by atoms with Crippen LogP contribution in [0.15, 0.2) is 36.4 Å². The van der Waals surface area contributed by atoms with Crippen molar-refractivity contribution in [1.82, 2.24) is 0 Å². The van der Waals surface area contributed by atoms with Crippen LogP contribution in [0.4, 0.5) is 30.2 Å². The van der Waals surface area contributed by atoms with Gasteiger partial charge in [0.15, 0.2) is 0 Å². The maximum absolute atomic E-state index is 13.3. The second-order valence-electron chi connectivity index (χ2n) is 6.88. The smallest absolute Gasteiger partial charge is 0.416 e. The molecule has 138 valence electrons. The summed E-state index contributed by atoms with van der Waals surface area (Å²) in [6.07, 6.45) is -3.80. The molecule has 2 aromatic carbocycles. The number of rotatable bonds is 2. The predicted molar refractivity (Wildman–Crippen MR) is 93.7 cm³/mol. The molecule has 1 unspecified atom stereocenters. The number of nitrogen functional groups attached to an aromatic ring is 1. The van der Waals surface area contributed by atoms with Crippen LogP contribution in [0.2, 0.25) is 0 Å². The fourth-order valence-corrected chi connectivity index (χ4v) is 3.21. The highest BCUT2D eigenvalue weighted by molar-refractivity contribution is 5.82. The molecule has 0 fully saturated rings. The van der Waals surface area contributed by atoms with E-state index in [1.54, 1.807) is 43.0 Å². The number of benzene rings is 2. The molecule has 0 bridgehead atoms. The van der Waals surface area contributed by atoms with Gasteiger partial charge in [0.25, 0.3) is 0 Å². The summed E-state index contributed by atoms with van der Waals surface area (Å²) < 4.78 is 45.9. The number of aldehydes is 1. The molecule has 26 heavy (non-hydrogen) atoms. The van der Waals surface area contributed by atoms with Crippen LogP contribution in [0.5, 0.6) is 5.75 Å². The van der Waals surface area contributed by atoms with Gasteiger partial charge >= 0.3 is 6.18 Å². The molecule has 0 saturated carbocycles. The Hall–Kier alpha value is -2.70. The minimum Gasteiger partial charge on any atom is -0.483 e. The molecule has 7 heteroatoms. The van der Waals surface area contributed by atoms with E-state index in [-0.39, 0.29) is 11.3 Å². The lowest BCUT2D eigenvalue weighted by atomic mass is 9.93. The van der Waals surface area contributed by atoms with Gasteiger partial charge in [-0.05, 0) is 50.6 Å². The number of nitrogens with two attached hydrogens (primary N) is 1. The number of nitrogens with zero attached hydrogens (tertiary/aromatic N) is 1. The highest BCUT2D eigenvalue weighted by atomic mass is 19.4. The van der Waals surface area contributed by atoms with Crippen LogP contribution in [0.25, 0.3) is 0 Å². The summed E-state index contributed by atoms with van der Waals surface area (Å²) in [5, 5.41) is 0. The third-order valence-corrected chi connectivity index (χ3v) is 4.54. The van der Waals surface area contributed by atoms with Crippen LogP contribution >= 0.6 is 0 Å². The molecule has 2 aromatic rings. The number of anilines is 3. The molecule has 0 radical (unpaired) electrons. The summed E-state index contributed by atoms with van der Waals surface area (Å²) in [6.45, 7) is 4.83. The zero-order valence-electron chi connectivity index (χ0n) is 14.6. The highest BCUT2D eigenvalue weighted by Crippen LogP contribution is 2.46. The van der Waals surface area contributed by atoms with Gasteiger partial charge < -0.3 is 20.2 Å². The van der Waals surface area contributed by atoms with Crippen molar-refractivity contribution in [3.8, 4) is 5.75 Å². The van der Waals surface area contributed by atoms with Gasteiger partial charge in [0.05, 0.1) is 11.3 Å². The summed E-state index contributed by atoms with van der Waals surface area (Å²) in [5.41, 5.74) is 5.46. The average Bonchev–Trinajstić information content (AvgIpc) is 2.52. The third-order valence-electron chi connectivity index (χ3n) is 4.54. The second kappa shape index (κ2) is 5.93. The fraction of sp³-hybridized carbons (Fsp3) is 0.316. The SMILES string of the molecule is Cc1ccc(N2c3ccc(N)cc3OC(C)(C)C2C=O)cc1C(F)(F)F. The van der Waals surface area contributed by atoms with Gasteiger partial charge in [0.1, 0.15) is 23.7 Å². The Morgan fingerprint density at radius 2 is 1.88 bits per heavy atom. The van der Waals surface area contributed by atoms with E-state index < -0.39 is 23.4 Å². The van der Waals surface area contributed by atoms with E-state index in [1.807, 2.05) is 0 Å². The lowest BCUT2D eigenvalue weighted by molar-refractivity contribution is -0.138. The maximum atomic E-state index is 13.3. The highest BCUT2D eigenvalue weighted by Gasteiger charge is 2.43. The van der Waals surface area contributed by atoms with Crippen molar-refractivity contribution in [2.75, 3.05) is 10.6 Å². The van der Waals surface area contributed by atoms with Crippen molar-refractivity contribution in [1.29, 1.82) is 0 Å². The van der Waals surface area contributed by atoms with Crippen LogP contribution in [0.3, 0.4) is 0 Å². The van der Waals surface area contributed by atoms with Crippen LogP contribution in [0.1, 0.15) is 25.0 Å². The van der Waals surface area contributed by atoms with Gasteiger partial charge in [0, 0.05) is 17.4 Å². The summed E-state index contributed by atoms with van der Waals surface area (Å²) in [6, 6.07) is 8.10. The van der Waals surface area contributed by atoms with Crippen molar-refractivity contribution < 1.29 is 22.7 Å². The normalized spacial score (nSPS) is 18.8. The Bertz CT molecular complexity index is 862. The van der Waals surface area contributed by atoms with E-state index >= 15 is 0 Å². The lowest BCUT2D eigenvalue weighted by Gasteiger charge is -2.45. The Labute approximate surface area is 149 Å². The Morgan fingerprint density at radius 3 is 2.50 bits per heavy atom. The zero-order valence-corrected chi connectivity index (χ0v) is 14.6. The van der Waals surface area contributed by atoms with Crippen LogP contribution in [0, 0.1) is 6.92 Å². The molecular weight excluding hydrogens is 345 g/mol. The molecule has 1 atom stereocenters. The summed E-state index contributed by atoms with van der Waals surface area (Å²) in [7, 11) is 0. The first kappa shape index (κ1) is 18.1. The average molecular weight is 364 g/mol. The van der Waals surface area contributed by atoms with E-state index in [0.717, 1.165) is 6.07 Å². The standard InChI is InChI=1S/C19H19F3N2O2/c1-11-4-6-13(9-14(11)19(20,21)22)24-15-7-5-12(23)8-16(15)26-18(2,3)17(24)10-25/h4-10,17H,23H2,1-3H3. The fourth-order valence-electron chi connectivity index (χ4n) is 3.21. The number of hydrogen-bond donors (Lipinski definition) is 1. The summed E-state index contributed by atoms with van der Waals surface area (Å²) in [5.74, 6) is 0.419. The minimum atomic E-state index is -4.48. The number of halogens is 3. The first-order valence-electron chi connectivity index (χ1n) is 8.05. The third kappa shape index (κ3) is 2.98. The first-order valence-corrected chi connectivity index (χ1v) is 8.05. The Morgan fingerprint density at radius 1 is 1.19 bits per heavy atom. The van der Waals surface area contributed by atoms with E-state index in [0.29, 0.717) is 23.4 Å². The largest absolute Gasteiger partial charge is 0.483 e. The second-order valence-corrected chi connectivity index (χ2v) is 6.88. The Balaban J connectivity index is 2.23. The molecule has 0 spiro atoms. The van der Waals surface area contributed by atoms with Crippen molar-refractivity contribution >= 4 is 23.3 Å². The number of carbonyl (C=O) groups is 1. The molecule has 0 amide bonds. The molecule has 0 aliphatic carbocycles. The van der Waals surface area contributed by atoms with Crippen LogP contribution in [-0.4, -0.2) is 17.9 Å². The topological polar surface area (TPSA) is 55.6 Å². The summed E-state index contributed by atoms with van der Waals surface area (Å²) in [4.78, 5) is 13.4. The van der Waals surface area contributed by atoms with E-state index in [4.69, 9.17) is 10.5 Å². The molecule has 0 saturated heterocycles. The van der Waals surface area contributed by atoms with Crippen LogP contribution < -0.4 is 15.4 Å². The van der Waals surface area contributed by atoms with Crippen molar-refractivity contribution in [3.05, 3.63) is 47.5 Å². The van der Waals surface area contributed by atoms with Crippen molar-refractivity contribution in [3.63, 3.8) is 0 Å². The predicted octanol–water partition coefficient (Wildman–Crippen LogP) is 4.47. The number of alkyl halides is 3. The van der Waals surface area contributed by atoms with Gasteiger partial charge in [-0.25, -0.2) is 0 Å². The Kier molecular flexibility index (Phi) is 4.13. The molecule has 0 aromatic heterocycles. The molecular formula is C19H19F3N2O2. The van der Waals surface area contributed by atoms with Gasteiger partial charge in [-0.15, -0.1) is 0 Å².